The van der Waals surface area contributed by atoms with E-state index in [0.29, 0.717) is 0 Å². The van der Waals surface area contributed by atoms with E-state index in [-0.39, 0.29) is 33.9 Å². The molecule has 1 N–H and O–H groups in total. The van der Waals surface area contributed by atoms with Crippen LogP contribution in [0.1, 0.15) is 1.43 Å². The van der Waals surface area contributed by atoms with Crippen LogP contribution in [0, 0.1) is 0 Å². The molecule has 0 aromatic heterocycles. The maximum Gasteiger partial charge on any atom is 0.147 e. The van der Waals surface area contributed by atoms with Crippen molar-refractivity contribution in [3.05, 3.63) is 0 Å². The van der Waals surface area contributed by atoms with Gasteiger partial charge in [0.1, 0.15) is 32.5 Å². The minimum absolute atomic E-state index is 0. The minimum Gasteiger partial charge on any atom is -0.371 e. The third-order valence-corrected chi connectivity index (χ3v) is 0.994. The summed E-state index contributed by atoms with van der Waals surface area (Å²) >= 11 is 10.2. The fourth-order valence-corrected chi connectivity index (χ4v) is 0.356. The van der Waals surface area contributed by atoms with Crippen LogP contribution in [0.5, 0.6) is 0 Å². The average Bonchev–Trinajstić information content (AvgIpc) is 2.45. The first-order valence-electron chi connectivity index (χ1n) is 4.24. The third-order valence-electron chi connectivity index (χ3n) is 0.686. The van der Waals surface area contributed by atoms with Gasteiger partial charge in [0.15, 0.2) is 0 Å². The summed E-state index contributed by atoms with van der Waals surface area (Å²) in [7, 11) is 4.53. The van der Waals surface area contributed by atoms with Gasteiger partial charge in [0.2, 0.25) is 0 Å². The van der Waals surface area contributed by atoms with E-state index in [4.69, 9.17) is 37.5 Å². The smallest absolute Gasteiger partial charge is 0.147 e. The van der Waals surface area contributed by atoms with Crippen molar-refractivity contribution in [2.75, 3.05) is 53.8 Å². The topological polar surface area (TPSA) is 66.4 Å². The first-order chi connectivity index (χ1) is 8.74. The number of hydrogen-bond donors (Lipinski definition) is 1. The van der Waals surface area contributed by atoms with E-state index >= 15 is 0 Å². The molecule has 0 amide bonds. The largest absolute Gasteiger partial charge is 0.371 e. The Balaban J connectivity index is -0.0000000335. The second-order valence-electron chi connectivity index (χ2n) is 1.86. The van der Waals surface area contributed by atoms with Gasteiger partial charge in [-0.3, -0.25) is 0 Å². The molecule has 0 atom stereocenters. The predicted octanol–water partition coefficient (Wildman–Crippen LogP) is 2.28. The van der Waals surface area contributed by atoms with Crippen molar-refractivity contribution in [3.63, 3.8) is 0 Å². The molecular formula is C8H22Cl2F2O6Rf. The SMILES string of the molecule is COCO.COCOCCl.COCOCCl.FF.[HH].[Rf]. The van der Waals surface area contributed by atoms with Crippen LogP contribution in [-0.4, -0.2) is 58.9 Å². The van der Waals surface area contributed by atoms with Gasteiger partial charge in [0.05, 0.1) is 0 Å². The van der Waals surface area contributed by atoms with E-state index in [1.54, 1.807) is 14.2 Å². The van der Waals surface area contributed by atoms with Gasteiger partial charge in [0.25, 0.3) is 0 Å². The molecule has 120 valence electrons. The maximum atomic E-state index is 8.00. The molecule has 0 bridgehead atoms. The number of rotatable bonds is 7. The summed E-state index contributed by atoms with van der Waals surface area (Å²) in [5, 5.41) is 7.65. The van der Waals surface area contributed by atoms with Crippen molar-refractivity contribution in [3.8, 4) is 0 Å². The van der Waals surface area contributed by atoms with Crippen LogP contribution in [-0.2, 0) is 23.7 Å². The Morgan fingerprint density at radius 1 is 0.895 bits per heavy atom. The zero-order valence-corrected chi connectivity index (χ0v) is 19.2. The van der Waals surface area contributed by atoms with Crippen molar-refractivity contribution in [1.82, 2.24) is 0 Å². The average molecular weight is 590 g/mol. The molecule has 6 nitrogen and oxygen atoms in total. The Morgan fingerprint density at radius 2 is 1.16 bits per heavy atom. The second-order valence-corrected chi connectivity index (χ2v) is 2.29. The predicted molar refractivity (Wildman–Crippen MR) is 65.8 cm³/mol. The van der Waals surface area contributed by atoms with Crippen molar-refractivity contribution < 1.29 is 39.4 Å². The van der Waals surface area contributed by atoms with E-state index < -0.39 is 0 Å². The molecule has 0 rings (SSSR count). The van der Waals surface area contributed by atoms with Gasteiger partial charge in [-0.2, -0.15) is 0 Å². The molecule has 0 aromatic rings. The summed E-state index contributed by atoms with van der Waals surface area (Å²) < 4.78 is 38.1. The minimum atomic E-state index is -0.181. The van der Waals surface area contributed by atoms with Gasteiger partial charge < -0.3 is 28.8 Å². The number of aliphatic hydroxyl groups is 1. The number of ether oxygens (including phenoxy) is 5. The van der Waals surface area contributed by atoms with E-state index in [0.717, 1.165) is 0 Å². The summed E-state index contributed by atoms with van der Waals surface area (Å²) in [6.07, 6.45) is 0. The molecule has 0 saturated carbocycles. The van der Waals surface area contributed by atoms with Gasteiger partial charge in [-0.15, -0.1) is 0 Å². The van der Waals surface area contributed by atoms with Gasteiger partial charge in [0, 0.05) is 31.9 Å². The van der Waals surface area contributed by atoms with E-state index in [1.165, 1.54) is 7.11 Å². The molecule has 0 heterocycles. The van der Waals surface area contributed by atoms with Crippen molar-refractivity contribution in [2.24, 2.45) is 0 Å². The van der Waals surface area contributed by atoms with E-state index in [9.17, 15) is 0 Å². The number of methoxy groups -OCH3 is 3. The summed E-state index contributed by atoms with van der Waals surface area (Å²) in [6.45, 7) is 0.382. The Kier molecular flexibility index (Phi) is 86.7. The first kappa shape index (κ1) is 30.9. The second kappa shape index (κ2) is 53.3. The maximum absolute atomic E-state index is 8.00. The van der Waals surface area contributed by atoms with Crippen molar-refractivity contribution in [2.45, 2.75) is 0 Å². The number of hydrogen-bond acceptors (Lipinski definition) is 6. The van der Waals surface area contributed by atoms with Crippen LogP contribution in [0.25, 0.3) is 0 Å². The number of halogens is 4. The molecule has 0 aromatic carbocycles. The fraction of sp³-hybridized carbons (Fsp3) is 1.00. The zero-order chi connectivity index (χ0) is 15.1. The molecule has 0 unspecified atom stereocenters. The van der Waals surface area contributed by atoms with Crippen molar-refractivity contribution in [1.29, 1.82) is 0 Å². The molecule has 0 aliphatic carbocycles. The van der Waals surface area contributed by atoms with Crippen LogP contribution < -0.4 is 0 Å². The molecule has 19 heavy (non-hydrogen) atoms. The Hall–Kier alpha value is -0.800. The van der Waals surface area contributed by atoms with Crippen LogP contribution >= 0.6 is 23.2 Å². The van der Waals surface area contributed by atoms with E-state index in [1.807, 2.05) is 0 Å². The monoisotopic (exact) mass is 589 g/mol. The molecular weight excluding hydrogens is 568 g/mol. The quantitative estimate of drug-likeness (QED) is 0.279. The molecule has 0 spiro atoms. The molecule has 11 heteroatoms. The molecule has 0 saturated heterocycles. The van der Waals surface area contributed by atoms with Crippen LogP contribution in [0.3, 0.4) is 0 Å². The van der Waals surface area contributed by atoms with Crippen LogP contribution in [0.4, 0.5) is 9.15 Å². The Labute approximate surface area is 117 Å². The first-order valence-corrected chi connectivity index (χ1v) is 5.31. The normalized spacial score (nSPS) is 7.58. The van der Waals surface area contributed by atoms with Gasteiger partial charge >= 0.3 is 0 Å². The molecule has 0 aliphatic heterocycles. The number of aliphatic hydroxyl groups excluding tert-OH is 1. The Morgan fingerprint density at radius 3 is 1.21 bits per heavy atom. The Bertz CT molecular complexity index is 91.4. The standard InChI is InChI=1S/2C3H7ClO2.C2H6O2.F2.Rf.H2/c2*1-5-3-6-2-4;1-4-2-3;1-2;;/h2*2-3H2,1H3;3H,2H2,1H3;;;1H. The number of alkyl halides is 2. The van der Waals surface area contributed by atoms with Gasteiger partial charge in [-0.05, 0) is 0 Å². The molecule has 0 radical (unpaired) electrons. The van der Waals surface area contributed by atoms with Crippen LogP contribution in [0.2, 0.25) is 0 Å². The summed E-state index contributed by atoms with van der Waals surface area (Å²) in [6, 6.07) is 0.404. The van der Waals surface area contributed by atoms with E-state index in [2.05, 4.69) is 23.7 Å². The molecule has 0 fully saturated rings. The van der Waals surface area contributed by atoms with Gasteiger partial charge in [-0.25, -0.2) is 0 Å². The fourth-order valence-electron chi connectivity index (χ4n) is 0.230. The van der Waals surface area contributed by atoms with Crippen molar-refractivity contribution >= 4 is 23.2 Å². The summed E-state index contributed by atoms with van der Waals surface area (Å²) in [5.74, 6) is 0. The summed E-state index contributed by atoms with van der Waals surface area (Å²) in [5.41, 5.74) is 0. The zero-order valence-electron chi connectivity index (χ0n) is 11.2. The van der Waals surface area contributed by atoms with Crippen LogP contribution in [0.15, 0.2) is 0 Å². The summed E-state index contributed by atoms with van der Waals surface area (Å²) in [4.78, 5) is 0. The third kappa shape index (κ3) is 103. The van der Waals surface area contributed by atoms with Gasteiger partial charge in [-0.1, -0.05) is 23.2 Å². The molecule has 0 aliphatic rings.